The first kappa shape index (κ1) is 18.3. The van der Waals surface area contributed by atoms with E-state index in [1.54, 1.807) is 6.92 Å². The molecule has 1 aliphatic rings. The molecule has 0 fully saturated rings. The standard InChI is InChI=1S/C21H23N3O4/c1-11-9-14(24-23-11)10-22-20(25)13(3)27-18-8-7-16-15-5-4-6-17(15)21(26)28-19(16)12(18)2/h7-9,13H,4-6,10H2,1-3H3,(H,22,25)(H,23,24). The number of carbonyl (C=O) groups excluding carboxylic acids is 1. The Morgan fingerprint density at radius 1 is 1.32 bits per heavy atom. The fourth-order valence-electron chi connectivity index (χ4n) is 3.72. The maximum Gasteiger partial charge on any atom is 0.339 e. The molecular formula is C21H23N3O4. The molecule has 0 radical (unpaired) electrons. The molecule has 2 aromatic heterocycles. The van der Waals surface area contributed by atoms with Gasteiger partial charge in [0.05, 0.1) is 12.2 Å². The van der Waals surface area contributed by atoms with E-state index >= 15 is 0 Å². The molecule has 0 spiro atoms. The zero-order chi connectivity index (χ0) is 19.8. The normalized spacial score (nSPS) is 14.1. The van der Waals surface area contributed by atoms with Crippen molar-refractivity contribution >= 4 is 16.9 Å². The van der Waals surface area contributed by atoms with Gasteiger partial charge in [-0.05, 0) is 63.8 Å². The maximum absolute atomic E-state index is 12.4. The van der Waals surface area contributed by atoms with Gasteiger partial charge >= 0.3 is 5.63 Å². The van der Waals surface area contributed by atoms with E-state index in [-0.39, 0.29) is 11.5 Å². The molecule has 4 rings (SSSR count). The van der Waals surface area contributed by atoms with Gasteiger partial charge in [0.1, 0.15) is 11.3 Å². The van der Waals surface area contributed by atoms with Crippen molar-refractivity contribution in [1.29, 1.82) is 0 Å². The molecule has 3 aromatic rings. The first-order chi connectivity index (χ1) is 13.4. The quantitative estimate of drug-likeness (QED) is 0.663. The van der Waals surface area contributed by atoms with Crippen molar-refractivity contribution in [2.45, 2.75) is 52.7 Å². The lowest BCUT2D eigenvalue weighted by molar-refractivity contribution is -0.127. The van der Waals surface area contributed by atoms with Crippen LogP contribution in [0, 0.1) is 13.8 Å². The van der Waals surface area contributed by atoms with Crippen molar-refractivity contribution in [3.8, 4) is 5.75 Å². The Labute approximate surface area is 162 Å². The Hall–Kier alpha value is -3.09. The summed E-state index contributed by atoms with van der Waals surface area (Å²) in [6.45, 7) is 5.77. The summed E-state index contributed by atoms with van der Waals surface area (Å²) in [5.41, 5.74) is 4.58. The summed E-state index contributed by atoms with van der Waals surface area (Å²) >= 11 is 0. The second-order valence-corrected chi connectivity index (χ2v) is 7.29. The van der Waals surface area contributed by atoms with Gasteiger partial charge in [0.2, 0.25) is 0 Å². The predicted octanol–water partition coefficient (Wildman–Crippen LogP) is 2.71. The van der Waals surface area contributed by atoms with Crippen LogP contribution in [-0.2, 0) is 24.2 Å². The highest BCUT2D eigenvalue weighted by atomic mass is 16.5. The Kier molecular flexibility index (Phi) is 4.66. The van der Waals surface area contributed by atoms with Crippen LogP contribution in [-0.4, -0.2) is 22.2 Å². The molecular weight excluding hydrogens is 358 g/mol. The van der Waals surface area contributed by atoms with Crippen LogP contribution in [0.2, 0.25) is 0 Å². The Morgan fingerprint density at radius 3 is 2.86 bits per heavy atom. The molecule has 7 nitrogen and oxygen atoms in total. The molecule has 1 aromatic carbocycles. The summed E-state index contributed by atoms with van der Waals surface area (Å²) in [7, 11) is 0. The van der Waals surface area contributed by atoms with Crippen LogP contribution in [0.4, 0.5) is 0 Å². The van der Waals surface area contributed by atoms with Crippen LogP contribution in [0.1, 0.15) is 41.4 Å². The number of aromatic amines is 1. The fourth-order valence-corrected chi connectivity index (χ4v) is 3.72. The number of fused-ring (bicyclic) bond motifs is 3. The second kappa shape index (κ2) is 7.14. The number of hydrogen-bond donors (Lipinski definition) is 2. The van der Waals surface area contributed by atoms with Gasteiger partial charge in [-0.25, -0.2) is 4.79 Å². The van der Waals surface area contributed by atoms with Gasteiger partial charge in [0.15, 0.2) is 6.10 Å². The Morgan fingerprint density at radius 2 is 2.11 bits per heavy atom. The minimum atomic E-state index is -0.697. The van der Waals surface area contributed by atoms with Crippen LogP contribution in [0.3, 0.4) is 0 Å². The van der Waals surface area contributed by atoms with Gasteiger partial charge < -0.3 is 14.5 Å². The van der Waals surface area contributed by atoms with Crippen molar-refractivity contribution in [3.05, 3.63) is 56.7 Å². The van der Waals surface area contributed by atoms with E-state index in [4.69, 9.17) is 9.15 Å². The summed E-state index contributed by atoms with van der Waals surface area (Å²) in [5, 5.41) is 10.7. The molecule has 7 heteroatoms. The number of rotatable bonds is 5. The molecule has 0 aliphatic heterocycles. The predicted molar refractivity (Wildman–Crippen MR) is 105 cm³/mol. The molecule has 0 saturated heterocycles. The number of hydrogen-bond acceptors (Lipinski definition) is 5. The third kappa shape index (κ3) is 3.28. The number of benzene rings is 1. The fraction of sp³-hybridized carbons (Fsp3) is 0.381. The molecule has 0 saturated carbocycles. The number of aromatic nitrogens is 2. The molecule has 2 N–H and O–H groups in total. The van der Waals surface area contributed by atoms with Crippen LogP contribution in [0.15, 0.2) is 27.4 Å². The van der Waals surface area contributed by atoms with Gasteiger partial charge in [0.25, 0.3) is 5.91 Å². The Balaban J connectivity index is 1.52. The molecule has 28 heavy (non-hydrogen) atoms. The van der Waals surface area contributed by atoms with Gasteiger partial charge in [-0.1, -0.05) is 0 Å². The van der Waals surface area contributed by atoms with Crippen LogP contribution in [0.5, 0.6) is 5.75 Å². The van der Waals surface area contributed by atoms with Crippen LogP contribution in [0.25, 0.3) is 11.0 Å². The number of H-pyrrole nitrogens is 1. The zero-order valence-electron chi connectivity index (χ0n) is 16.2. The summed E-state index contributed by atoms with van der Waals surface area (Å²) < 4.78 is 11.4. The monoisotopic (exact) mass is 381 g/mol. The summed E-state index contributed by atoms with van der Waals surface area (Å²) in [4.78, 5) is 24.6. The first-order valence-corrected chi connectivity index (χ1v) is 9.47. The molecule has 0 bridgehead atoms. The number of ether oxygens (including phenoxy) is 1. The highest BCUT2D eigenvalue weighted by Crippen LogP contribution is 2.33. The number of nitrogens with zero attached hydrogens (tertiary/aromatic N) is 1. The average Bonchev–Trinajstić information content (AvgIpc) is 3.32. The lowest BCUT2D eigenvalue weighted by Gasteiger charge is -2.17. The largest absolute Gasteiger partial charge is 0.480 e. The topological polar surface area (TPSA) is 97.2 Å². The highest BCUT2D eigenvalue weighted by Gasteiger charge is 2.22. The van der Waals surface area contributed by atoms with Crippen LogP contribution < -0.4 is 15.7 Å². The third-order valence-corrected chi connectivity index (χ3v) is 5.22. The van der Waals surface area contributed by atoms with Crippen molar-refractivity contribution < 1.29 is 13.9 Å². The van der Waals surface area contributed by atoms with E-state index < -0.39 is 6.10 Å². The van der Waals surface area contributed by atoms with E-state index in [9.17, 15) is 9.59 Å². The summed E-state index contributed by atoms with van der Waals surface area (Å²) in [6, 6.07) is 5.64. The second-order valence-electron chi connectivity index (χ2n) is 7.29. The maximum atomic E-state index is 12.4. The van der Waals surface area contributed by atoms with Gasteiger partial charge in [0, 0.05) is 22.2 Å². The molecule has 2 heterocycles. The molecule has 1 aliphatic carbocycles. The SMILES string of the molecule is Cc1cc(CNC(=O)C(C)Oc2ccc3c4c(c(=O)oc3c2C)CCC4)n[nH]1. The van der Waals surface area contributed by atoms with Crippen LogP contribution >= 0.6 is 0 Å². The first-order valence-electron chi connectivity index (χ1n) is 9.47. The number of aryl methyl sites for hydroxylation is 3. The number of carbonyl (C=O) groups is 1. The van der Waals surface area contributed by atoms with E-state index in [2.05, 4.69) is 15.5 Å². The van der Waals surface area contributed by atoms with Crippen molar-refractivity contribution in [3.63, 3.8) is 0 Å². The number of amides is 1. The summed E-state index contributed by atoms with van der Waals surface area (Å²) in [5.74, 6) is 0.294. The third-order valence-electron chi connectivity index (χ3n) is 5.22. The Bertz CT molecular complexity index is 1110. The van der Waals surface area contributed by atoms with E-state index in [0.717, 1.165) is 52.7 Å². The highest BCUT2D eigenvalue weighted by molar-refractivity contribution is 5.86. The smallest absolute Gasteiger partial charge is 0.339 e. The molecule has 146 valence electrons. The average molecular weight is 381 g/mol. The molecule has 1 amide bonds. The van der Waals surface area contributed by atoms with E-state index in [0.29, 0.717) is 17.9 Å². The van der Waals surface area contributed by atoms with Gasteiger partial charge in [-0.3, -0.25) is 9.89 Å². The number of nitrogens with one attached hydrogen (secondary N) is 2. The lowest BCUT2D eigenvalue weighted by Crippen LogP contribution is -2.36. The van der Waals surface area contributed by atoms with Crippen molar-refractivity contribution in [1.82, 2.24) is 15.5 Å². The lowest BCUT2D eigenvalue weighted by atomic mass is 10.0. The van der Waals surface area contributed by atoms with Gasteiger partial charge in [-0.15, -0.1) is 0 Å². The summed E-state index contributed by atoms with van der Waals surface area (Å²) in [6.07, 6.45) is 1.95. The molecule has 1 unspecified atom stereocenters. The van der Waals surface area contributed by atoms with Crippen molar-refractivity contribution in [2.75, 3.05) is 0 Å². The minimum Gasteiger partial charge on any atom is -0.480 e. The molecule has 1 atom stereocenters. The van der Waals surface area contributed by atoms with Gasteiger partial charge in [-0.2, -0.15) is 5.10 Å². The van der Waals surface area contributed by atoms with Crippen molar-refractivity contribution in [2.24, 2.45) is 0 Å². The minimum absolute atomic E-state index is 0.240. The van der Waals surface area contributed by atoms with E-state index in [1.807, 2.05) is 32.0 Å². The van der Waals surface area contributed by atoms with E-state index in [1.165, 1.54) is 0 Å². The zero-order valence-corrected chi connectivity index (χ0v) is 16.2.